The summed E-state index contributed by atoms with van der Waals surface area (Å²) in [5, 5.41) is 10.0. The van der Waals surface area contributed by atoms with E-state index in [0.717, 1.165) is 0 Å². The average molecular weight is 313 g/mol. The first-order valence-electron chi connectivity index (χ1n) is 7.01. The van der Waals surface area contributed by atoms with Crippen LogP contribution < -0.4 is 10.5 Å². The van der Waals surface area contributed by atoms with Crippen molar-refractivity contribution >= 4 is 5.69 Å². The molecular weight excluding hydrogens is 290 g/mol. The van der Waals surface area contributed by atoms with E-state index in [1.807, 2.05) is 0 Å². The van der Waals surface area contributed by atoms with E-state index < -0.39 is 30.7 Å². The number of aliphatic hydroxyl groups excluding tert-OH is 1. The van der Waals surface area contributed by atoms with Gasteiger partial charge in [0.25, 0.3) is 0 Å². The van der Waals surface area contributed by atoms with E-state index in [2.05, 4.69) is 0 Å². The molecule has 1 aromatic rings. The lowest BCUT2D eigenvalue weighted by Crippen LogP contribution is -2.60. The van der Waals surface area contributed by atoms with Crippen LogP contribution in [0.5, 0.6) is 5.75 Å². The van der Waals surface area contributed by atoms with Crippen molar-refractivity contribution in [2.24, 2.45) is 0 Å². The number of anilines is 1. The standard InChI is InChI=1S/C15H23NO6/c1-18-12-11(8-21-10-6-4-9(16)5-7-10)22-15(17)14(20-3)13(12)19-2/h4-7,11-15,17H,8,16H2,1-3H3/t11-,12+,13+,14-,15+/m1/s1. The number of nitrogen functional groups attached to an aromatic ring is 1. The molecule has 0 radical (unpaired) electrons. The lowest BCUT2D eigenvalue weighted by Gasteiger charge is -2.42. The highest BCUT2D eigenvalue weighted by atomic mass is 16.7. The minimum absolute atomic E-state index is 0.204. The number of aliphatic hydroxyl groups is 1. The van der Waals surface area contributed by atoms with Crippen molar-refractivity contribution in [1.29, 1.82) is 0 Å². The van der Waals surface area contributed by atoms with Crippen LogP contribution in [-0.4, -0.2) is 63.7 Å². The molecule has 0 aliphatic carbocycles. The van der Waals surface area contributed by atoms with E-state index in [1.54, 1.807) is 38.5 Å². The maximum absolute atomic E-state index is 10.0. The van der Waals surface area contributed by atoms with Gasteiger partial charge in [-0.05, 0) is 24.3 Å². The van der Waals surface area contributed by atoms with Gasteiger partial charge in [0, 0.05) is 27.0 Å². The minimum Gasteiger partial charge on any atom is -0.491 e. The summed E-state index contributed by atoms with van der Waals surface area (Å²) in [6.45, 7) is 0.204. The highest BCUT2D eigenvalue weighted by molar-refractivity contribution is 5.41. The third-order valence-electron chi connectivity index (χ3n) is 3.72. The fourth-order valence-electron chi connectivity index (χ4n) is 2.58. The number of nitrogens with two attached hydrogens (primary N) is 1. The molecule has 1 saturated heterocycles. The van der Waals surface area contributed by atoms with E-state index in [0.29, 0.717) is 11.4 Å². The summed E-state index contributed by atoms with van der Waals surface area (Å²) in [5.41, 5.74) is 6.29. The van der Waals surface area contributed by atoms with Crippen LogP contribution in [0, 0.1) is 0 Å². The van der Waals surface area contributed by atoms with E-state index in [1.165, 1.54) is 7.11 Å². The van der Waals surface area contributed by atoms with Crippen LogP contribution in [0.2, 0.25) is 0 Å². The Hall–Kier alpha value is -1.38. The number of rotatable bonds is 6. The van der Waals surface area contributed by atoms with Gasteiger partial charge in [-0.25, -0.2) is 0 Å². The maximum atomic E-state index is 10.0. The first kappa shape index (κ1) is 17.0. The Bertz CT molecular complexity index is 454. The molecule has 124 valence electrons. The number of ether oxygens (including phenoxy) is 5. The molecule has 22 heavy (non-hydrogen) atoms. The molecule has 1 aliphatic rings. The van der Waals surface area contributed by atoms with E-state index >= 15 is 0 Å². The predicted octanol–water partition coefficient (Wildman–Crippen LogP) is 0.410. The van der Waals surface area contributed by atoms with Crippen LogP contribution in [0.25, 0.3) is 0 Å². The van der Waals surface area contributed by atoms with Crippen molar-refractivity contribution in [1.82, 2.24) is 0 Å². The Labute approximate surface area is 129 Å². The van der Waals surface area contributed by atoms with E-state index in [-0.39, 0.29) is 6.61 Å². The second-order valence-electron chi connectivity index (χ2n) is 5.05. The Morgan fingerprint density at radius 1 is 1.00 bits per heavy atom. The van der Waals surface area contributed by atoms with Gasteiger partial charge in [0.15, 0.2) is 6.29 Å². The van der Waals surface area contributed by atoms with Crippen LogP contribution >= 0.6 is 0 Å². The average Bonchev–Trinajstić information content (AvgIpc) is 2.53. The summed E-state index contributed by atoms with van der Waals surface area (Å²) < 4.78 is 27.3. The smallest absolute Gasteiger partial charge is 0.184 e. The van der Waals surface area contributed by atoms with Crippen LogP contribution in [0.3, 0.4) is 0 Å². The quantitative estimate of drug-likeness (QED) is 0.735. The Morgan fingerprint density at radius 3 is 2.14 bits per heavy atom. The van der Waals surface area contributed by atoms with Crippen LogP contribution in [-0.2, 0) is 18.9 Å². The number of methoxy groups -OCH3 is 3. The number of hydrogen-bond donors (Lipinski definition) is 2. The molecule has 7 nitrogen and oxygen atoms in total. The topological polar surface area (TPSA) is 92.4 Å². The normalized spacial score (nSPS) is 31.9. The molecule has 1 aromatic carbocycles. The summed E-state index contributed by atoms with van der Waals surface area (Å²) in [5.74, 6) is 0.657. The van der Waals surface area contributed by atoms with E-state index in [9.17, 15) is 5.11 Å². The van der Waals surface area contributed by atoms with Gasteiger partial charge in [-0.3, -0.25) is 0 Å². The number of hydrogen-bond acceptors (Lipinski definition) is 7. The minimum atomic E-state index is -1.11. The molecule has 0 saturated carbocycles. The molecule has 0 unspecified atom stereocenters. The summed E-state index contributed by atoms with van der Waals surface area (Å²) in [6.07, 6.45) is -3.11. The summed E-state index contributed by atoms with van der Waals surface area (Å²) >= 11 is 0. The molecule has 5 atom stereocenters. The molecule has 3 N–H and O–H groups in total. The van der Waals surface area contributed by atoms with Gasteiger partial charge >= 0.3 is 0 Å². The molecular formula is C15H23NO6. The van der Waals surface area contributed by atoms with E-state index in [4.69, 9.17) is 29.4 Å². The van der Waals surface area contributed by atoms with Crippen molar-refractivity contribution in [3.63, 3.8) is 0 Å². The Morgan fingerprint density at radius 2 is 1.59 bits per heavy atom. The summed E-state index contributed by atoms with van der Waals surface area (Å²) in [6, 6.07) is 7.03. The molecule has 0 spiro atoms. The zero-order chi connectivity index (χ0) is 16.1. The van der Waals surface area contributed by atoms with Gasteiger partial charge in [0.1, 0.15) is 36.8 Å². The van der Waals surface area contributed by atoms with Gasteiger partial charge in [-0.15, -0.1) is 0 Å². The molecule has 7 heteroatoms. The molecule has 2 rings (SSSR count). The Kier molecular flexibility index (Phi) is 5.98. The van der Waals surface area contributed by atoms with Crippen molar-refractivity contribution in [3.8, 4) is 5.75 Å². The maximum Gasteiger partial charge on any atom is 0.184 e. The lowest BCUT2D eigenvalue weighted by atomic mass is 9.98. The third-order valence-corrected chi connectivity index (χ3v) is 3.72. The second-order valence-corrected chi connectivity index (χ2v) is 5.05. The van der Waals surface area contributed by atoms with Crippen LogP contribution in [0.15, 0.2) is 24.3 Å². The van der Waals surface area contributed by atoms with Gasteiger partial charge in [-0.2, -0.15) is 0 Å². The lowest BCUT2D eigenvalue weighted by molar-refractivity contribution is -0.298. The zero-order valence-corrected chi connectivity index (χ0v) is 13.0. The predicted molar refractivity (Wildman–Crippen MR) is 79.6 cm³/mol. The molecule has 0 amide bonds. The first-order valence-corrected chi connectivity index (χ1v) is 7.01. The first-order chi connectivity index (χ1) is 10.6. The highest BCUT2D eigenvalue weighted by Crippen LogP contribution is 2.26. The SMILES string of the molecule is CO[C@@H]1[C@@H](OC)[C@@H](O)O[C@H](COc2ccc(N)cc2)[C@@H]1OC. The highest BCUT2D eigenvalue weighted by Gasteiger charge is 2.46. The van der Waals surface area contributed by atoms with Crippen molar-refractivity contribution in [3.05, 3.63) is 24.3 Å². The number of benzene rings is 1. The second kappa shape index (κ2) is 7.75. The molecule has 1 aliphatic heterocycles. The fraction of sp³-hybridized carbons (Fsp3) is 0.600. The fourth-order valence-corrected chi connectivity index (χ4v) is 2.58. The third kappa shape index (κ3) is 3.68. The van der Waals surface area contributed by atoms with Gasteiger partial charge in [-0.1, -0.05) is 0 Å². The monoisotopic (exact) mass is 313 g/mol. The summed E-state index contributed by atoms with van der Waals surface area (Å²) in [4.78, 5) is 0. The van der Waals surface area contributed by atoms with Gasteiger partial charge < -0.3 is 34.5 Å². The van der Waals surface area contributed by atoms with Gasteiger partial charge in [0.2, 0.25) is 0 Å². The molecule has 1 heterocycles. The van der Waals surface area contributed by atoms with Crippen molar-refractivity contribution in [2.75, 3.05) is 33.7 Å². The van der Waals surface area contributed by atoms with Crippen LogP contribution in [0.4, 0.5) is 5.69 Å². The molecule has 1 fully saturated rings. The zero-order valence-electron chi connectivity index (χ0n) is 13.0. The Balaban J connectivity index is 2.03. The van der Waals surface area contributed by atoms with Crippen LogP contribution in [0.1, 0.15) is 0 Å². The van der Waals surface area contributed by atoms with Crippen molar-refractivity contribution in [2.45, 2.75) is 30.7 Å². The largest absolute Gasteiger partial charge is 0.491 e. The van der Waals surface area contributed by atoms with Gasteiger partial charge in [0.05, 0.1) is 0 Å². The molecule has 0 aromatic heterocycles. The van der Waals surface area contributed by atoms with Crippen molar-refractivity contribution < 1.29 is 28.8 Å². The summed E-state index contributed by atoms with van der Waals surface area (Å²) in [7, 11) is 4.58. The molecule has 0 bridgehead atoms.